The molecule has 0 unspecified atom stereocenters. The largest absolute Gasteiger partial charge is 0.397 e. The second-order valence-electron chi connectivity index (χ2n) is 4.22. The van der Waals surface area contributed by atoms with Crippen LogP contribution in [0.25, 0.3) is 5.52 Å². The molecule has 2 N–H and O–H groups in total. The molecule has 84 valence electrons. The number of nitrogens with two attached hydrogens (primary N) is 1. The first kappa shape index (κ1) is 10.0. The highest BCUT2D eigenvalue weighted by atomic mass is 32.2. The van der Waals surface area contributed by atoms with Crippen LogP contribution in [0.1, 0.15) is 24.6 Å². The van der Waals surface area contributed by atoms with Gasteiger partial charge >= 0.3 is 0 Å². The second kappa shape index (κ2) is 4.01. The molecule has 1 aliphatic heterocycles. The number of rotatable bonds is 1. The highest BCUT2D eigenvalue weighted by Gasteiger charge is 2.20. The first-order chi connectivity index (χ1) is 7.86. The Morgan fingerprint density at radius 3 is 3.00 bits per heavy atom. The molecule has 0 amide bonds. The quantitative estimate of drug-likeness (QED) is 0.823. The molecule has 0 spiro atoms. The van der Waals surface area contributed by atoms with Crippen molar-refractivity contribution in [3.05, 3.63) is 30.4 Å². The maximum atomic E-state index is 5.93. The van der Waals surface area contributed by atoms with Crippen molar-refractivity contribution in [1.82, 2.24) is 9.38 Å². The van der Waals surface area contributed by atoms with Crippen molar-refractivity contribution in [2.75, 3.05) is 17.2 Å². The van der Waals surface area contributed by atoms with Gasteiger partial charge < -0.3 is 10.1 Å². The molecule has 0 radical (unpaired) electrons. The zero-order valence-corrected chi connectivity index (χ0v) is 9.91. The Hall–Kier alpha value is -1.16. The van der Waals surface area contributed by atoms with Crippen LogP contribution < -0.4 is 5.73 Å². The first-order valence-electron chi connectivity index (χ1n) is 5.65. The Kier molecular flexibility index (Phi) is 2.52. The van der Waals surface area contributed by atoms with Crippen LogP contribution in [0, 0.1) is 0 Å². The van der Waals surface area contributed by atoms with Crippen LogP contribution in [0.5, 0.6) is 0 Å². The Morgan fingerprint density at radius 1 is 1.38 bits per heavy atom. The van der Waals surface area contributed by atoms with Crippen molar-refractivity contribution >= 4 is 23.0 Å². The van der Waals surface area contributed by atoms with Gasteiger partial charge in [-0.1, -0.05) is 0 Å². The van der Waals surface area contributed by atoms with Gasteiger partial charge in [-0.2, -0.15) is 11.8 Å². The number of pyridine rings is 1. The Bertz CT molecular complexity index is 500. The van der Waals surface area contributed by atoms with E-state index < -0.39 is 0 Å². The summed E-state index contributed by atoms with van der Waals surface area (Å²) >= 11 is 2.04. The molecular weight excluding hydrogens is 218 g/mol. The minimum atomic E-state index is 0.602. The normalized spacial score (nSPS) is 18.0. The van der Waals surface area contributed by atoms with Gasteiger partial charge in [0.05, 0.1) is 17.4 Å². The predicted octanol–water partition coefficient (Wildman–Crippen LogP) is 2.53. The van der Waals surface area contributed by atoms with Crippen LogP contribution >= 0.6 is 11.8 Å². The first-order valence-corrected chi connectivity index (χ1v) is 6.81. The molecule has 3 rings (SSSR count). The molecule has 2 aromatic rings. The molecule has 16 heavy (non-hydrogen) atoms. The van der Waals surface area contributed by atoms with Gasteiger partial charge in [-0.3, -0.25) is 0 Å². The van der Waals surface area contributed by atoms with E-state index in [1.807, 2.05) is 30.1 Å². The van der Waals surface area contributed by atoms with Crippen LogP contribution in [0.2, 0.25) is 0 Å². The number of hydrogen-bond donors (Lipinski definition) is 1. The van der Waals surface area contributed by atoms with Gasteiger partial charge in [0.25, 0.3) is 0 Å². The fourth-order valence-corrected chi connectivity index (χ4v) is 3.43. The number of nitrogen functional groups attached to an aromatic ring is 1. The molecule has 0 aromatic carbocycles. The van der Waals surface area contributed by atoms with E-state index in [4.69, 9.17) is 5.73 Å². The van der Waals surface area contributed by atoms with Crippen LogP contribution in [0.3, 0.4) is 0 Å². The number of imidazole rings is 1. The Balaban J connectivity index is 2.06. The van der Waals surface area contributed by atoms with E-state index >= 15 is 0 Å². The lowest BCUT2D eigenvalue weighted by molar-refractivity contribution is 0.596. The smallest absolute Gasteiger partial charge is 0.116 e. The molecule has 4 heteroatoms. The summed E-state index contributed by atoms with van der Waals surface area (Å²) in [7, 11) is 0. The summed E-state index contributed by atoms with van der Waals surface area (Å²) < 4.78 is 2.15. The minimum absolute atomic E-state index is 0.602. The maximum absolute atomic E-state index is 5.93. The lowest BCUT2D eigenvalue weighted by Gasteiger charge is -2.20. The number of fused-ring (bicyclic) bond motifs is 1. The molecule has 3 heterocycles. The average molecular weight is 233 g/mol. The van der Waals surface area contributed by atoms with Crippen LogP contribution in [-0.2, 0) is 0 Å². The molecule has 2 aromatic heterocycles. The van der Waals surface area contributed by atoms with Crippen molar-refractivity contribution < 1.29 is 0 Å². The molecule has 0 bridgehead atoms. The summed E-state index contributed by atoms with van der Waals surface area (Å²) in [5.41, 5.74) is 7.78. The monoisotopic (exact) mass is 233 g/mol. The van der Waals surface area contributed by atoms with Crippen molar-refractivity contribution in [3.63, 3.8) is 0 Å². The summed E-state index contributed by atoms with van der Waals surface area (Å²) in [4.78, 5) is 4.55. The number of nitrogens with zero attached hydrogens (tertiary/aromatic N) is 2. The third-order valence-electron chi connectivity index (χ3n) is 3.22. The maximum Gasteiger partial charge on any atom is 0.116 e. The molecule has 0 saturated carbocycles. The lowest BCUT2D eigenvalue weighted by atomic mass is 10.0. The number of anilines is 1. The van der Waals surface area contributed by atoms with Crippen molar-refractivity contribution in [2.45, 2.75) is 18.8 Å². The van der Waals surface area contributed by atoms with Crippen LogP contribution in [0.15, 0.2) is 24.5 Å². The SMILES string of the molecule is Nc1cccn2c(C3CCSCC3)ncc12. The summed E-state index contributed by atoms with van der Waals surface area (Å²) in [6.45, 7) is 0. The van der Waals surface area contributed by atoms with Crippen molar-refractivity contribution in [1.29, 1.82) is 0 Å². The van der Waals surface area contributed by atoms with E-state index in [-0.39, 0.29) is 0 Å². The number of thioether (sulfide) groups is 1. The Morgan fingerprint density at radius 2 is 2.19 bits per heavy atom. The highest BCUT2D eigenvalue weighted by molar-refractivity contribution is 7.99. The molecule has 0 atom stereocenters. The topological polar surface area (TPSA) is 43.3 Å². The van der Waals surface area contributed by atoms with Gasteiger partial charge in [-0.25, -0.2) is 4.98 Å². The summed E-state index contributed by atoms with van der Waals surface area (Å²) in [5.74, 6) is 4.29. The fraction of sp³-hybridized carbons (Fsp3) is 0.417. The van der Waals surface area contributed by atoms with Gasteiger partial charge in [0.15, 0.2) is 0 Å². The summed E-state index contributed by atoms with van der Waals surface area (Å²) in [5, 5.41) is 0. The molecule has 3 nitrogen and oxygen atoms in total. The molecule has 1 saturated heterocycles. The van der Waals surface area contributed by atoms with Crippen molar-refractivity contribution in [3.8, 4) is 0 Å². The van der Waals surface area contributed by atoms with E-state index in [1.165, 1.54) is 30.2 Å². The van der Waals surface area contributed by atoms with E-state index in [0.29, 0.717) is 5.92 Å². The van der Waals surface area contributed by atoms with E-state index in [1.54, 1.807) is 0 Å². The van der Waals surface area contributed by atoms with E-state index in [0.717, 1.165) is 11.2 Å². The summed E-state index contributed by atoms with van der Waals surface area (Å²) in [6, 6.07) is 3.92. The average Bonchev–Trinajstić information content (AvgIpc) is 2.75. The van der Waals surface area contributed by atoms with Gasteiger partial charge in [-0.15, -0.1) is 0 Å². The Labute approximate surface area is 99.1 Å². The van der Waals surface area contributed by atoms with Gasteiger partial charge in [0.1, 0.15) is 5.82 Å². The third-order valence-corrected chi connectivity index (χ3v) is 4.27. The number of hydrogen-bond acceptors (Lipinski definition) is 3. The molecular formula is C12H15N3S. The van der Waals surface area contributed by atoms with Crippen LogP contribution in [0.4, 0.5) is 5.69 Å². The zero-order chi connectivity index (χ0) is 11.0. The van der Waals surface area contributed by atoms with Gasteiger partial charge in [-0.05, 0) is 36.5 Å². The lowest BCUT2D eigenvalue weighted by Crippen LogP contribution is -2.11. The number of aromatic nitrogens is 2. The molecule has 0 aliphatic carbocycles. The fourth-order valence-electron chi connectivity index (χ4n) is 2.32. The zero-order valence-electron chi connectivity index (χ0n) is 9.10. The second-order valence-corrected chi connectivity index (χ2v) is 5.45. The minimum Gasteiger partial charge on any atom is -0.397 e. The highest BCUT2D eigenvalue weighted by Crippen LogP contribution is 2.31. The van der Waals surface area contributed by atoms with Gasteiger partial charge in [0, 0.05) is 12.1 Å². The van der Waals surface area contributed by atoms with E-state index in [9.17, 15) is 0 Å². The third kappa shape index (κ3) is 1.57. The standard InChI is InChI=1S/C12H15N3S/c13-10-2-1-5-15-11(10)8-14-12(15)9-3-6-16-7-4-9/h1-2,5,8-9H,3-4,6-7,13H2. The van der Waals surface area contributed by atoms with E-state index in [2.05, 4.69) is 15.6 Å². The molecule has 1 fully saturated rings. The summed E-state index contributed by atoms with van der Waals surface area (Å²) in [6.07, 6.45) is 6.43. The van der Waals surface area contributed by atoms with Crippen LogP contribution in [-0.4, -0.2) is 20.9 Å². The molecule has 1 aliphatic rings. The van der Waals surface area contributed by atoms with Gasteiger partial charge in [0.2, 0.25) is 0 Å². The van der Waals surface area contributed by atoms with Crippen molar-refractivity contribution in [2.24, 2.45) is 0 Å². The predicted molar refractivity (Wildman–Crippen MR) is 68.9 cm³/mol.